The van der Waals surface area contributed by atoms with Gasteiger partial charge in [-0.2, -0.15) is 0 Å². The van der Waals surface area contributed by atoms with Crippen LogP contribution in [0.4, 0.5) is 0 Å². The number of rotatable bonds is 3. The zero-order valence-electron chi connectivity index (χ0n) is 10.9. The van der Waals surface area contributed by atoms with Crippen LogP contribution in [-0.4, -0.2) is 19.0 Å². The Bertz CT molecular complexity index is 700. The third-order valence-corrected chi connectivity index (χ3v) is 4.08. The molecule has 0 bridgehead atoms. The van der Waals surface area contributed by atoms with Crippen molar-refractivity contribution >= 4 is 50.5 Å². The van der Waals surface area contributed by atoms with Crippen molar-refractivity contribution in [2.24, 2.45) is 0 Å². The number of esters is 2. The van der Waals surface area contributed by atoms with Crippen LogP contribution >= 0.6 is 38.5 Å². The smallest absolute Gasteiger partial charge is 0.344 e. The minimum Gasteiger partial charge on any atom is -0.465 e. The molecular formula is C15H10BrIO4. The molecule has 2 aromatic carbocycles. The maximum absolute atomic E-state index is 12.2. The second-order valence-electron chi connectivity index (χ2n) is 4.00. The normalized spacial score (nSPS) is 10.0. The average Bonchev–Trinajstić information content (AvgIpc) is 2.48. The lowest BCUT2D eigenvalue weighted by Gasteiger charge is -2.10. The molecule has 0 saturated heterocycles. The Kier molecular flexibility index (Phi) is 5.35. The van der Waals surface area contributed by atoms with Crippen molar-refractivity contribution in [3.8, 4) is 5.75 Å². The number of carbonyl (C=O) groups is 2. The Morgan fingerprint density at radius 1 is 1.05 bits per heavy atom. The maximum Gasteiger partial charge on any atom is 0.344 e. The summed E-state index contributed by atoms with van der Waals surface area (Å²) in [5.74, 6) is -0.927. The van der Waals surface area contributed by atoms with Gasteiger partial charge in [0.05, 0.1) is 12.7 Å². The number of hydrogen-bond acceptors (Lipinski definition) is 4. The van der Waals surface area contributed by atoms with Gasteiger partial charge in [0.15, 0.2) is 0 Å². The van der Waals surface area contributed by atoms with Crippen molar-refractivity contribution in [3.63, 3.8) is 0 Å². The molecule has 6 heteroatoms. The summed E-state index contributed by atoms with van der Waals surface area (Å²) in [5, 5.41) is 0. The Labute approximate surface area is 143 Å². The van der Waals surface area contributed by atoms with Gasteiger partial charge in [0, 0.05) is 8.04 Å². The van der Waals surface area contributed by atoms with E-state index in [1.54, 1.807) is 36.4 Å². The molecule has 0 unspecified atom stereocenters. The SMILES string of the molecule is COC(=O)c1cc(Br)ccc1OC(=O)c1ccccc1I. The van der Waals surface area contributed by atoms with E-state index in [2.05, 4.69) is 38.5 Å². The van der Waals surface area contributed by atoms with E-state index in [1.807, 2.05) is 6.07 Å². The summed E-state index contributed by atoms with van der Waals surface area (Å²) in [6, 6.07) is 11.8. The average molecular weight is 461 g/mol. The van der Waals surface area contributed by atoms with Crippen LogP contribution < -0.4 is 4.74 Å². The zero-order chi connectivity index (χ0) is 15.4. The third-order valence-electron chi connectivity index (χ3n) is 2.64. The van der Waals surface area contributed by atoms with E-state index in [9.17, 15) is 9.59 Å². The first kappa shape index (κ1) is 16.0. The van der Waals surface area contributed by atoms with Gasteiger partial charge in [0.1, 0.15) is 11.3 Å². The Balaban J connectivity index is 2.34. The fraction of sp³-hybridized carbons (Fsp3) is 0.0667. The van der Waals surface area contributed by atoms with Gasteiger partial charge < -0.3 is 9.47 Å². The molecule has 2 rings (SSSR count). The molecular weight excluding hydrogens is 451 g/mol. The third kappa shape index (κ3) is 3.82. The molecule has 0 aliphatic heterocycles. The summed E-state index contributed by atoms with van der Waals surface area (Å²) >= 11 is 5.32. The number of hydrogen-bond donors (Lipinski definition) is 0. The van der Waals surface area contributed by atoms with Gasteiger partial charge in [-0.05, 0) is 52.9 Å². The summed E-state index contributed by atoms with van der Waals surface area (Å²) in [5.41, 5.74) is 0.628. The molecule has 21 heavy (non-hydrogen) atoms. The van der Waals surface area contributed by atoms with E-state index in [-0.39, 0.29) is 11.3 Å². The fourth-order valence-corrected chi connectivity index (χ4v) is 2.61. The largest absolute Gasteiger partial charge is 0.465 e. The second kappa shape index (κ2) is 7.04. The van der Waals surface area contributed by atoms with E-state index >= 15 is 0 Å². The molecule has 0 heterocycles. The molecule has 0 N–H and O–H groups in total. The van der Waals surface area contributed by atoms with Crippen LogP contribution in [0.15, 0.2) is 46.9 Å². The summed E-state index contributed by atoms with van der Waals surface area (Å²) < 4.78 is 11.5. The molecule has 0 radical (unpaired) electrons. The van der Waals surface area contributed by atoms with Crippen LogP contribution in [0, 0.1) is 3.57 Å². The maximum atomic E-state index is 12.2. The van der Waals surface area contributed by atoms with Crippen LogP contribution in [-0.2, 0) is 4.74 Å². The predicted molar refractivity (Wildman–Crippen MR) is 89.6 cm³/mol. The minimum absolute atomic E-state index is 0.162. The van der Waals surface area contributed by atoms with E-state index in [0.29, 0.717) is 10.0 Å². The summed E-state index contributed by atoms with van der Waals surface area (Å²) in [6.07, 6.45) is 0. The van der Waals surface area contributed by atoms with Crippen LogP contribution in [0.25, 0.3) is 0 Å². The highest BCUT2D eigenvalue weighted by molar-refractivity contribution is 14.1. The van der Waals surface area contributed by atoms with Gasteiger partial charge in [-0.1, -0.05) is 28.1 Å². The molecule has 0 aliphatic rings. The first-order valence-corrected chi connectivity index (χ1v) is 7.74. The molecule has 108 valence electrons. The van der Waals surface area contributed by atoms with Crippen LogP contribution in [0.1, 0.15) is 20.7 Å². The van der Waals surface area contributed by atoms with Crippen LogP contribution in [0.2, 0.25) is 0 Å². The Hall–Kier alpha value is -1.41. The van der Waals surface area contributed by atoms with E-state index in [0.717, 1.165) is 3.57 Å². The monoisotopic (exact) mass is 460 g/mol. The first-order valence-electron chi connectivity index (χ1n) is 5.87. The number of halogens is 2. The fourth-order valence-electron chi connectivity index (χ4n) is 1.64. The summed E-state index contributed by atoms with van der Waals surface area (Å²) in [6.45, 7) is 0. The molecule has 4 nitrogen and oxygen atoms in total. The van der Waals surface area contributed by atoms with Crippen LogP contribution in [0.3, 0.4) is 0 Å². The van der Waals surface area contributed by atoms with Crippen molar-refractivity contribution in [1.29, 1.82) is 0 Å². The lowest BCUT2D eigenvalue weighted by Crippen LogP contribution is -2.13. The van der Waals surface area contributed by atoms with E-state index < -0.39 is 11.9 Å². The van der Waals surface area contributed by atoms with Crippen molar-refractivity contribution in [2.75, 3.05) is 7.11 Å². The van der Waals surface area contributed by atoms with Gasteiger partial charge in [0.2, 0.25) is 0 Å². The number of methoxy groups -OCH3 is 1. The summed E-state index contributed by atoms with van der Waals surface area (Å²) in [4.78, 5) is 23.9. The number of benzene rings is 2. The molecule has 0 saturated carbocycles. The molecule has 0 spiro atoms. The van der Waals surface area contributed by atoms with Crippen molar-refractivity contribution in [1.82, 2.24) is 0 Å². The molecule has 2 aromatic rings. The van der Waals surface area contributed by atoms with Crippen LogP contribution in [0.5, 0.6) is 5.75 Å². The number of ether oxygens (including phenoxy) is 2. The van der Waals surface area contributed by atoms with E-state index in [1.165, 1.54) is 7.11 Å². The van der Waals surface area contributed by atoms with E-state index in [4.69, 9.17) is 9.47 Å². The number of carbonyl (C=O) groups excluding carboxylic acids is 2. The van der Waals surface area contributed by atoms with Gasteiger partial charge >= 0.3 is 11.9 Å². The molecule has 0 fully saturated rings. The lowest BCUT2D eigenvalue weighted by molar-refractivity contribution is 0.0593. The highest BCUT2D eigenvalue weighted by Crippen LogP contribution is 2.25. The molecule has 0 aromatic heterocycles. The van der Waals surface area contributed by atoms with Gasteiger partial charge in [-0.15, -0.1) is 0 Å². The second-order valence-corrected chi connectivity index (χ2v) is 6.08. The van der Waals surface area contributed by atoms with Crippen molar-refractivity contribution in [3.05, 3.63) is 61.6 Å². The van der Waals surface area contributed by atoms with Crippen molar-refractivity contribution in [2.45, 2.75) is 0 Å². The van der Waals surface area contributed by atoms with Gasteiger partial charge in [-0.25, -0.2) is 9.59 Å². The molecule has 0 aliphatic carbocycles. The highest BCUT2D eigenvalue weighted by Gasteiger charge is 2.18. The highest BCUT2D eigenvalue weighted by atomic mass is 127. The van der Waals surface area contributed by atoms with Gasteiger partial charge in [0.25, 0.3) is 0 Å². The predicted octanol–water partition coefficient (Wildman–Crippen LogP) is 4.06. The molecule has 0 atom stereocenters. The lowest BCUT2D eigenvalue weighted by atomic mass is 10.2. The standard InChI is InChI=1S/C15H10BrIO4/c1-20-14(18)11-8-9(16)6-7-13(11)21-15(19)10-4-2-3-5-12(10)17/h2-8H,1H3. The minimum atomic E-state index is -0.568. The quantitative estimate of drug-likeness (QED) is 0.393. The summed E-state index contributed by atoms with van der Waals surface area (Å²) in [7, 11) is 1.27. The Morgan fingerprint density at radius 3 is 2.43 bits per heavy atom. The molecule has 0 amide bonds. The first-order chi connectivity index (χ1) is 10.0. The van der Waals surface area contributed by atoms with Crippen molar-refractivity contribution < 1.29 is 19.1 Å². The zero-order valence-corrected chi connectivity index (χ0v) is 14.7. The Morgan fingerprint density at radius 2 is 1.76 bits per heavy atom. The van der Waals surface area contributed by atoms with Gasteiger partial charge in [-0.3, -0.25) is 0 Å². The topological polar surface area (TPSA) is 52.6 Å².